The molecule has 0 saturated carbocycles. The van der Waals surface area contributed by atoms with Gasteiger partial charge in [0.1, 0.15) is 23.6 Å². The number of benzene rings is 3. The van der Waals surface area contributed by atoms with E-state index in [2.05, 4.69) is 10.3 Å². The lowest BCUT2D eigenvalue weighted by Gasteiger charge is -2.37. The molecule has 10 nitrogen and oxygen atoms in total. The summed E-state index contributed by atoms with van der Waals surface area (Å²) in [5.41, 5.74) is 0.0284. The molecular weight excluding hydrogens is 514 g/mol. The van der Waals surface area contributed by atoms with Gasteiger partial charge in [-0.2, -0.15) is 0 Å². The van der Waals surface area contributed by atoms with E-state index in [1.807, 2.05) is 78.9 Å². The van der Waals surface area contributed by atoms with E-state index in [1.165, 1.54) is 6.20 Å². The van der Waals surface area contributed by atoms with E-state index in [0.717, 1.165) is 27.3 Å². The number of hydrogen-bond acceptors (Lipinski definition) is 7. The molecule has 0 aliphatic carbocycles. The molecular formula is C30H31N3O7. The standard InChI is InChI=1S/C30H31N3O7/c1-38-25-12-8-22(9-13-25)30(21-6-4-3-5-7-21,23-10-14-26(39-2)15-11-23)40-20-24(19-34)31-28(36)18-33-17-16-27(35)32-29(33)37/h3-17,24,34H,18-20H2,1-2H3,(H,31,36)(H,32,35,37)/t24-/m1/s1. The zero-order valence-corrected chi connectivity index (χ0v) is 22.2. The van der Waals surface area contributed by atoms with E-state index in [9.17, 15) is 19.5 Å². The van der Waals surface area contributed by atoms with Crippen LogP contribution in [0, 0.1) is 0 Å². The highest BCUT2D eigenvalue weighted by Gasteiger charge is 2.38. The second kappa shape index (κ2) is 12.9. The molecule has 0 unspecified atom stereocenters. The molecule has 1 aromatic heterocycles. The molecule has 0 radical (unpaired) electrons. The largest absolute Gasteiger partial charge is 0.497 e. The SMILES string of the molecule is COc1ccc(C(OC[C@@H](CO)NC(=O)Cn2ccc(=O)[nH]c2=O)(c2ccccc2)c2ccc(OC)cc2)cc1. The molecule has 3 N–H and O–H groups in total. The molecule has 0 fully saturated rings. The lowest BCUT2D eigenvalue weighted by molar-refractivity contribution is -0.123. The second-order valence-corrected chi connectivity index (χ2v) is 9.00. The van der Waals surface area contributed by atoms with Gasteiger partial charge in [0.05, 0.1) is 33.5 Å². The molecule has 208 valence electrons. The summed E-state index contributed by atoms with van der Waals surface area (Å²) in [6.07, 6.45) is 1.24. The number of methoxy groups -OCH3 is 2. The summed E-state index contributed by atoms with van der Waals surface area (Å²) in [4.78, 5) is 38.2. The first kappa shape index (κ1) is 28.3. The van der Waals surface area contributed by atoms with Crippen molar-refractivity contribution in [3.05, 3.63) is 129 Å². The molecule has 0 saturated heterocycles. The van der Waals surface area contributed by atoms with Crippen LogP contribution in [0.25, 0.3) is 0 Å². The number of nitrogens with zero attached hydrogens (tertiary/aromatic N) is 1. The number of aliphatic hydroxyl groups excluding tert-OH is 1. The molecule has 10 heteroatoms. The highest BCUT2D eigenvalue weighted by Crippen LogP contribution is 2.41. The summed E-state index contributed by atoms with van der Waals surface area (Å²) < 4.78 is 18.5. The number of H-pyrrole nitrogens is 1. The molecule has 0 aliphatic rings. The van der Waals surface area contributed by atoms with Crippen molar-refractivity contribution in [3.63, 3.8) is 0 Å². The first-order chi connectivity index (χ1) is 19.4. The number of aromatic nitrogens is 2. The van der Waals surface area contributed by atoms with Crippen molar-refractivity contribution in [3.8, 4) is 11.5 Å². The van der Waals surface area contributed by atoms with Crippen LogP contribution < -0.4 is 26.0 Å². The van der Waals surface area contributed by atoms with E-state index in [1.54, 1.807) is 14.2 Å². The van der Waals surface area contributed by atoms with Crippen molar-refractivity contribution in [1.29, 1.82) is 0 Å². The molecule has 1 heterocycles. The van der Waals surface area contributed by atoms with E-state index in [4.69, 9.17) is 14.2 Å². The summed E-state index contributed by atoms with van der Waals surface area (Å²) >= 11 is 0. The number of amides is 1. The quantitative estimate of drug-likeness (QED) is 0.232. The van der Waals surface area contributed by atoms with Gasteiger partial charge in [-0.15, -0.1) is 0 Å². The van der Waals surface area contributed by atoms with Gasteiger partial charge in [0.15, 0.2) is 0 Å². The molecule has 1 atom stereocenters. The van der Waals surface area contributed by atoms with Gasteiger partial charge in [-0.3, -0.25) is 19.1 Å². The zero-order valence-electron chi connectivity index (χ0n) is 22.2. The van der Waals surface area contributed by atoms with Crippen LogP contribution in [-0.4, -0.2) is 54.0 Å². The monoisotopic (exact) mass is 545 g/mol. The normalized spacial score (nSPS) is 12.0. The summed E-state index contributed by atoms with van der Waals surface area (Å²) in [5.74, 6) is 0.827. The molecule has 0 bridgehead atoms. The Hall–Kier alpha value is -4.67. The van der Waals surface area contributed by atoms with Crippen LogP contribution in [0.15, 0.2) is 101 Å². The zero-order chi connectivity index (χ0) is 28.5. The highest BCUT2D eigenvalue weighted by molar-refractivity contribution is 5.76. The Balaban J connectivity index is 1.69. The Morgan fingerprint density at radius 1 is 0.875 bits per heavy atom. The minimum Gasteiger partial charge on any atom is -0.497 e. The van der Waals surface area contributed by atoms with Crippen LogP contribution in [0.2, 0.25) is 0 Å². The minimum atomic E-state index is -1.13. The fourth-order valence-electron chi connectivity index (χ4n) is 4.44. The number of carbonyl (C=O) groups is 1. The summed E-state index contributed by atoms with van der Waals surface area (Å²) in [5, 5.41) is 12.8. The van der Waals surface area contributed by atoms with Gasteiger partial charge >= 0.3 is 5.69 Å². The van der Waals surface area contributed by atoms with E-state index >= 15 is 0 Å². The molecule has 0 spiro atoms. The average Bonchev–Trinajstić information content (AvgIpc) is 2.99. The number of carbonyl (C=O) groups excluding carboxylic acids is 1. The predicted octanol–water partition coefficient (Wildman–Crippen LogP) is 2.04. The number of nitrogens with one attached hydrogen (secondary N) is 2. The summed E-state index contributed by atoms with van der Waals surface area (Å²) in [6.45, 7) is -0.828. The fraction of sp³-hybridized carbons (Fsp3) is 0.233. The van der Waals surface area contributed by atoms with Crippen LogP contribution in [0.5, 0.6) is 11.5 Å². The lowest BCUT2D eigenvalue weighted by atomic mass is 9.80. The number of aliphatic hydroxyl groups is 1. The molecule has 0 aliphatic heterocycles. The van der Waals surface area contributed by atoms with Crippen molar-refractivity contribution in [2.24, 2.45) is 0 Å². The topological polar surface area (TPSA) is 132 Å². The Morgan fingerprint density at radius 3 is 1.93 bits per heavy atom. The molecule has 1 amide bonds. The first-order valence-electron chi connectivity index (χ1n) is 12.6. The van der Waals surface area contributed by atoms with Crippen LogP contribution in [-0.2, 0) is 21.7 Å². The summed E-state index contributed by atoms with van der Waals surface area (Å²) in [6, 6.07) is 25.0. The number of hydrogen-bond donors (Lipinski definition) is 3. The maximum atomic E-state index is 12.7. The maximum absolute atomic E-state index is 12.7. The number of rotatable bonds is 12. The van der Waals surface area contributed by atoms with Crippen molar-refractivity contribution < 1.29 is 24.1 Å². The number of ether oxygens (including phenoxy) is 3. The molecule has 4 aromatic rings. The van der Waals surface area contributed by atoms with Gasteiger partial charge in [0.2, 0.25) is 5.91 Å². The Bertz CT molecular complexity index is 1470. The van der Waals surface area contributed by atoms with E-state index in [-0.39, 0.29) is 13.2 Å². The molecule has 4 rings (SSSR count). The van der Waals surface area contributed by atoms with E-state index in [0.29, 0.717) is 11.5 Å². The van der Waals surface area contributed by atoms with Crippen molar-refractivity contribution in [1.82, 2.24) is 14.9 Å². The van der Waals surface area contributed by atoms with Gasteiger partial charge in [0.25, 0.3) is 5.56 Å². The van der Waals surface area contributed by atoms with Gasteiger partial charge in [0, 0.05) is 12.3 Å². The van der Waals surface area contributed by atoms with Crippen LogP contribution >= 0.6 is 0 Å². The van der Waals surface area contributed by atoms with Crippen molar-refractivity contribution >= 4 is 5.91 Å². The third-order valence-electron chi connectivity index (χ3n) is 6.47. The predicted molar refractivity (Wildman–Crippen MR) is 149 cm³/mol. The maximum Gasteiger partial charge on any atom is 0.328 e. The van der Waals surface area contributed by atoms with Crippen molar-refractivity contribution in [2.75, 3.05) is 27.4 Å². The van der Waals surface area contributed by atoms with Gasteiger partial charge in [-0.25, -0.2) is 4.79 Å². The Kier molecular flexibility index (Phi) is 9.15. The minimum absolute atomic E-state index is 0.0737. The van der Waals surface area contributed by atoms with E-state index < -0.39 is 35.4 Å². The van der Waals surface area contributed by atoms with Gasteiger partial charge < -0.3 is 24.6 Å². The van der Waals surface area contributed by atoms with Gasteiger partial charge in [-0.05, 0) is 41.0 Å². The lowest BCUT2D eigenvalue weighted by Crippen LogP contribution is -2.46. The third kappa shape index (κ3) is 6.31. The van der Waals surface area contributed by atoms with Crippen LogP contribution in [0.3, 0.4) is 0 Å². The number of aromatic amines is 1. The fourth-order valence-corrected chi connectivity index (χ4v) is 4.44. The van der Waals surface area contributed by atoms with Gasteiger partial charge in [-0.1, -0.05) is 54.6 Å². The highest BCUT2D eigenvalue weighted by atomic mass is 16.5. The molecule has 40 heavy (non-hydrogen) atoms. The second-order valence-electron chi connectivity index (χ2n) is 9.00. The first-order valence-corrected chi connectivity index (χ1v) is 12.6. The average molecular weight is 546 g/mol. The van der Waals surface area contributed by atoms with Crippen molar-refractivity contribution in [2.45, 2.75) is 18.2 Å². The molecule has 3 aromatic carbocycles. The Labute approximate surface area is 230 Å². The third-order valence-corrected chi connectivity index (χ3v) is 6.47. The van der Waals surface area contributed by atoms with Crippen LogP contribution in [0.4, 0.5) is 0 Å². The van der Waals surface area contributed by atoms with Crippen LogP contribution in [0.1, 0.15) is 16.7 Å². The summed E-state index contributed by atoms with van der Waals surface area (Å²) in [7, 11) is 3.18. The Morgan fingerprint density at radius 2 is 1.43 bits per heavy atom. The smallest absolute Gasteiger partial charge is 0.328 e.